The summed E-state index contributed by atoms with van der Waals surface area (Å²) in [6, 6.07) is 14.2. The van der Waals surface area contributed by atoms with E-state index in [9.17, 15) is 14.9 Å². The highest BCUT2D eigenvalue weighted by Gasteiger charge is 2.15. The van der Waals surface area contributed by atoms with E-state index < -0.39 is 4.92 Å². The summed E-state index contributed by atoms with van der Waals surface area (Å²) < 4.78 is 1.68. The summed E-state index contributed by atoms with van der Waals surface area (Å²) in [5.41, 5.74) is 2.33. The minimum absolute atomic E-state index is 0.0835. The summed E-state index contributed by atoms with van der Waals surface area (Å²) in [6.45, 7) is 2.49. The Balaban J connectivity index is 1.51. The van der Waals surface area contributed by atoms with Crippen molar-refractivity contribution in [3.05, 3.63) is 97.4 Å². The minimum Gasteiger partial charge on any atom is -0.321 e. The number of nitro groups is 1. The van der Waals surface area contributed by atoms with Crippen molar-refractivity contribution in [3.8, 4) is 0 Å². The summed E-state index contributed by atoms with van der Waals surface area (Å²) in [6.07, 6.45) is 3.26. The molecule has 7 nitrogen and oxygen atoms in total. The average Bonchev–Trinajstić information content (AvgIpc) is 3.39. The lowest BCUT2D eigenvalue weighted by atomic mass is 10.2. The zero-order chi connectivity index (χ0) is 22.7. The quantitative estimate of drug-likeness (QED) is 0.247. The van der Waals surface area contributed by atoms with Crippen molar-refractivity contribution >= 4 is 52.0 Å². The van der Waals surface area contributed by atoms with E-state index in [0.717, 1.165) is 16.0 Å². The second-order valence-electron chi connectivity index (χ2n) is 7.02. The predicted octanol–water partition coefficient (Wildman–Crippen LogP) is 6.27. The fourth-order valence-corrected chi connectivity index (χ4v) is 4.81. The van der Waals surface area contributed by atoms with Crippen LogP contribution in [0.25, 0.3) is 0 Å². The molecule has 0 aliphatic carbocycles. The molecule has 0 saturated carbocycles. The topological polar surface area (TPSA) is 90.1 Å². The summed E-state index contributed by atoms with van der Waals surface area (Å²) in [5, 5.41) is 20.7. The largest absolute Gasteiger partial charge is 0.321 e. The zero-order valence-corrected chi connectivity index (χ0v) is 19.2. The van der Waals surface area contributed by atoms with Crippen LogP contribution in [-0.2, 0) is 6.54 Å². The molecular formula is C22H17ClN4O3S2. The summed E-state index contributed by atoms with van der Waals surface area (Å²) >= 11 is 8.58. The predicted molar refractivity (Wildman–Crippen MR) is 127 cm³/mol. The highest BCUT2D eigenvalue weighted by atomic mass is 35.5. The van der Waals surface area contributed by atoms with E-state index in [0.29, 0.717) is 27.0 Å². The van der Waals surface area contributed by atoms with Crippen molar-refractivity contribution in [1.29, 1.82) is 0 Å². The fraction of sp³-hybridized carbons (Fsp3) is 0.0909. The van der Waals surface area contributed by atoms with Crippen LogP contribution in [0.15, 0.2) is 76.1 Å². The minimum atomic E-state index is -0.465. The molecule has 0 unspecified atom stereocenters. The third-order valence-electron chi connectivity index (χ3n) is 4.44. The second-order valence-corrected chi connectivity index (χ2v) is 9.51. The Hall–Kier alpha value is -3.14. The number of carbonyl (C=O) groups excluding carboxylic acids is 1. The molecule has 2 heterocycles. The first kappa shape index (κ1) is 22.1. The van der Waals surface area contributed by atoms with Gasteiger partial charge in [0.1, 0.15) is 0 Å². The molecule has 0 fully saturated rings. The monoisotopic (exact) mass is 484 g/mol. The molecule has 10 heteroatoms. The Morgan fingerprint density at radius 1 is 1.22 bits per heavy atom. The van der Waals surface area contributed by atoms with Crippen molar-refractivity contribution < 1.29 is 9.72 Å². The first-order valence-corrected chi connectivity index (χ1v) is 11.5. The molecule has 162 valence electrons. The van der Waals surface area contributed by atoms with Gasteiger partial charge in [0.25, 0.3) is 11.6 Å². The van der Waals surface area contributed by atoms with Gasteiger partial charge in [0.05, 0.1) is 27.6 Å². The highest BCUT2D eigenvalue weighted by molar-refractivity contribution is 7.99. The van der Waals surface area contributed by atoms with E-state index in [-0.39, 0.29) is 11.6 Å². The molecule has 0 aliphatic rings. The van der Waals surface area contributed by atoms with E-state index in [1.807, 2.05) is 36.6 Å². The van der Waals surface area contributed by atoms with Crippen LogP contribution in [0.2, 0.25) is 5.02 Å². The Morgan fingerprint density at radius 3 is 2.69 bits per heavy atom. The van der Waals surface area contributed by atoms with Gasteiger partial charge in [0, 0.05) is 33.8 Å². The van der Waals surface area contributed by atoms with Crippen molar-refractivity contribution in [1.82, 2.24) is 9.78 Å². The number of aromatic nitrogens is 2. The van der Waals surface area contributed by atoms with Gasteiger partial charge in [0.2, 0.25) is 0 Å². The number of anilines is 1. The van der Waals surface area contributed by atoms with E-state index in [4.69, 9.17) is 11.6 Å². The number of halogens is 1. The Bertz CT molecular complexity index is 1280. The number of non-ortho nitro benzene ring substituents is 1. The molecule has 4 rings (SSSR count). The first-order valence-electron chi connectivity index (χ1n) is 9.46. The number of thiophene rings is 1. The number of nitro benzene ring substituents is 1. The molecule has 0 saturated heterocycles. The van der Waals surface area contributed by atoms with Gasteiger partial charge in [-0.1, -0.05) is 41.1 Å². The molecular weight excluding hydrogens is 468 g/mol. The maximum absolute atomic E-state index is 12.8. The van der Waals surface area contributed by atoms with Gasteiger partial charge in [-0.05, 0) is 42.1 Å². The third-order valence-corrected chi connectivity index (χ3v) is 6.59. The number of amides is 1. The number of nitrogens with zero attached hydrogens (tertiary/aromatic N) is 3. The number of benzene rings is 2. The van der Waals surface area contributed by atoms with Crippen LogP contribution in [0.5, 0.6) is 0 Å². The molecule has 32 heavy (non-hydrogen) atoms. The number of carbonyl (C=O) groups is 1. The lowest BCUT2D eigenvalue weighted by molar-refractivity contribution is -0.385. The van der Waals surface area contributed by atoms with Crippen LogP contribution in [0.3, 0.4) is 0 Å². The Labute approximate surface area is 197 Å². The molecule has 2 aromatic carbocycles. The fourth-order valence-electron chi connectivity index (χ4n) is 2.94. The maximum Gasteiger partial charge on any atom is 0.272 e. The zero-order valence-electron chi connectivity index (χ0n) is 16.8. The number of aryl methyl sites for hydroxylation is 1. The molecule has 1 amide bonds. The molecule has 0 atom stereocenters. The van der Waals surface area contributed by atoms with Crippen LogP contribution >= 0.6 is 34.7 Å². The normalized spacial score (nSPS) is 10.8. The molecule has 0 aliphatic heterocycles. The standard InChI is InChI=1S/C22H17ClN4O3S2/c1-14-2-4-19(5-3-14)32-20-8-17(7-18(9-20)27(29)30)25-22(28)21-6-15(13-31-21)11-26-12-16(23)10-24-26/h2-10,12-13H,11H2,1H3,(H,25,28). The second kappa shape index (κ2) is 9.56. The first-order chi connectivity index (χ1) is 15.4. The lowest BCUT2D eigenvalue weighted by Gasteiger charge is -2.08. The van der Waals surface area contributed by atoms with Gasteiger partial charge in [0.15, 0.2) is 0 Å². The van der Waals surface area contributed by atoms with E-state index >= 15 is 0 Å². The molecule has 0 bridgehead atoms. The van der Waals surface area contributed by atoms with Crippen LogP contribution in [-0.4, -0.2) is 20.6 Å². The molecule has 2 aromatic heterocycles. The Morgan fingerprint density at radius 2 is 2.00 bits per heavy atom. The van der Waals surface area contributed by atoms with Crippen LogP contribution < -0.4 is 5.32 Å². The number of hydrogen-bond donors (Lipinski definition) is 1. The van der Waals surface area contributed by atoms with E-state index in [2.05, 4.69) is 10.4 Å². The molecule has 0 radical (unpaired) electrons. The van der Waals surface area contributed by atoms with Crippen molar-refractivity contribution in [2.24, 2.45) is 0 Å². The van der Waals surface area contributed by atoms with Crippen LogP contribution in [0, 0.1) is 17.0 Å². The Kier molecular flexibility index (Phi) is 6.59. The summed E-state index contributed by atoms with van der Waals surface area (Å²) in [5.74, 6) is -0.327. The van der Waals surface area contributed by atoms with Crippen molar-refractivity contribution in [2.45, 2.75) is 23.3 Å². The van der Waals surface area contributed by atoms with E-state index in [1.54, 1.807) is 29.2 Å². The van der Waals surface area contributed by atoms with Gasteiger partial charge in [-0.3, -0.25) is 19.6 Å². The SMILES string of the molecule is Cc1ccc(Sc2cc(NC(=O)c3cc(Cn4cc(Cl)cn4)cs3)cc([N+](=O)[O-])c2)cc1. The number of nitrogens with one attached hydrogen (secondary N) is 1. The van der Waals surface area contributed by atoms with Gasteiger partial charge in [-0.25, -0.2) is 0 Å². The van der Waals surface area contributed by atoms with E-state index in [1.165, 1.54) is 35.2 Å². The van der Waals surface area contributed by atoms with Crippen molar-refractivity contribution in [3.63, 3.8) is 0 Å². The van der Waals surface area contributed by atoms with Gasteiger partial charge < -0.3 is 5.32 Å². The van der Waals surface area contributed by atoms with Crippen molar-refractivity contribution in [2.75, 3.05) is 5.32 Å². The smallest absolute Gasteiger partial charge is 0.272 e. The van der Waals surface area contributed by atoms with Crippen LogP contribution in [0.4, 0.5) is 11.4 Å². The molecule has 1 N–H and O–H groups in total. The molecule has 4 aromatic rings. The number of hydrogen-bond acceptors (Lipinski definition) is 6. The number of rotatable bonds is 7. The van der Waals surface area contributed by atoms with Crippen LogP contribution in [0.1, 0.15) is 20.8 Å². The average molecular weight is 485 g/mol. The lowest BCUT2D eigenvalue weighted by Crippen LogP contribution is -2.10. The van der Waals surface area contributed by atoms with Gasteiger partial charge >= 0.3 is 0 Å². The van der Waals surface area contributed by atoms with Gasteiger partial charge in [-0.2, -0.15) is 5.10 Å². The summed E-state index contributed by atoms with van der Waals surface area (Å²) in [7, 11) is 0. The third kappa shape index (κ3) is 5.56. The van der Waals surface area contributed by atoms with Gasteiger partial charge in [-0.15, -0.1) is 11.3 Å². The highest BCUT2D eigenvalue weighted by Crippen LogP contribution is 2.33. The maximum atomic E-state index is 12.8. The summed E-state index contributed by atoms with van der Waals surface area (Å²) in [4.78, 5) is 25.8. The molecule has 0 spiro atoms.